The third-order valence-electron chi connectivity index (χ3n) is 3.25. The molecular weight excluding hydrogens is 318 g/mol. The molecule has 7 heteroatoms. The molecule has 0 bridgehead atoms. The van der Waals surface area contributed by atoms with E-state index in [2.05, 4.69) is 0 Å². The Labute approximate surface area is 138 Å². The average molecular weight is 335 g/mol. The summed E-state index contributed by atoms with van der Waals surface area (Å²) >= 11 is 5.00. The van der Waals surface area contributed by atoms with Gasteiger partial charge in [-0.25, -0.2) is 4.79 Å². The van der Waals surface area contributed by atoms with E-state index >= 15 is 0 Å². The molecular formula is C16H17NO5S. The molecule has 0 spiro atoms. The van der Waals surface area contributed by atoms with E-state index in [0.29, 0.717) is 12.0 Å². The normalized spacial score (nSPS) is 10.6. The number of aryl methyl sites for hydroxylation is 1. The summed E-state index contributed by atoms with van der Waals surface area (Å²) < 4.78 is 10.9. The van der Waals surface area contributed by atoms with Crippen LogP contribution in [0.1, 0.15) is 29.3 Å². The van der Waals surface area contributed by atoms with Crippen molar-refractivity contribution in [1.29, 1.82) is 0 Å². The number of para-hydroxylation sites is 1. The smallest absolute Gasteiger partial charge is 0.347 e. The Kier molecular flexibility index (Phi) is 5.00. The van der Waals surface area contributed by atoms with E-state index in [1.54, 1.807) is 26.2 Å². The van der Waals surface area contributed by atoms with Crippen molar-refractivity contribution in [1.82, 2.24) is 4.90 Å². The molecule has 0 unspecified atom stereocenters. The first-order chi connectivity index (χ1) is 10.9. The van der Waals surface area contributed by atoms with Crippen LogP contribution >= 0.6 is 12.2 Å². The number of ether oxygens (including phenoxy) is 1. The molecule has 0 aliphatic heterocycles. The number of rotatable bonds is 4. The molecule has 1 heterocycles. The first-order valence-electron chi connectivity index (χ1n) is 7.08. The molecule has 0 aliphatic rings. The number of thiocarbonyl (C=S) groups is 1. The topological polar surface area (TPSA) is 80.0 Å². The summed E-state index contributed by atoms with van der Waals surface area (Å²) in [5.74, 6) is -1.81. The zero-order valence-corrected chi connectivity index (χ0v) is 13.9. The van der Waals surface area contributed by atoms with Gasteiger partial charge in [-0.15, -0.1) is 0 Å². The number of fused-ring (bicyclic) bond motifs is 1. The van der Waals surface area contributed by atoms with Crippen molar-refractivity contribution in [3.63, 3.8) is 0 Å². The van der Waals surface area contributed by atoms with Crippen LogP contribution in [-0.4, -0.2) is 35.2 Å². The van der Waals surface area contributed by atoms with Crippen LogP contribution < -0.4 is 10.2 Å². The zero-order chi connectivity index (χ0) is 17.1. The lowest BCUT2D eigenvalue weighted by Crippen LogP contribution is -2.27. The van der Waals surface area contributed by atoms with E-state index in [-0.39, 0.29) is 10.6 Å². The second-order valence-electron chi connectivity index (χ2n) is 5.21. The number of nitrogens with zero attached hydrogens (tertiary/aromatic N) is 1. The van der Waals surface area contributed by atoms with Crippen molar-refractivity contribution >= 4 is 34.3 Å². The number of hydrogen-bond donors (Lipinski definition) is 1. The fourth-order valence-electron chi connectivity index (χ4n) is 2.15. The Morgan fingerprint density at radius 3 is 2.65 bits per heavy atom. The van der Waals surface area contributed by atoms with Gasteiger partial charge in [-0.2, -0.15) is 0 Å². The highest BCUT2D eigenvalue weighted by atomic mass is 32.1. The van der Waals surface area contributed by atoms with E-state index in [1.807, 2.05) is 13.0 Å². The van der Waals surface area contributed by atoms with Crippen molar-refractivity contribution in [3.05, 3.63) is 39.5 Å². The van der Waals surface area contributed by atoms with Gasteiger partial charge >= 0.3 is 11.9 Å². The van der Waals surface area contributed by atoms with Gasteiger partial charge in [0.2, 0.25) is 5.43 Å². The number of carboxylic acid groups (broad SMARTS) is 1. The zero-order valence-electron chi connectivity index (χ0n) is 13.1. The monoisotopic (exact) mass is 335 g/mol. The molecule has 0 saturated carbocycles. The molecule has 23 heavy (non-hydrogen) atoms. The Bertz CT molecular complexity index is 825. The molecule has 6 nitrogen and oxygen atoms in total. The lowest BCUT2D eigenvalue weighted by atomic mass is 10.1. The van der Waals surface area contributed by atoms with E-state index < -0.39 is 22.9 Å². The summed E-state index contributed by atoms with van der Waals surface area (Å²) in [5.41, 5.74) is -0.0517. The molecule has 0 radical (unpaired) electrons. The highest BCUT2D eigenvalue weighted by Crippen LogP contribution is 2.26. The number of aromatic carboxylic acids is 1. The van der Waals surface area contributed by atoms with Gasteiger partial charge in [-0.05, 0) is 30.3 Å². The third-order valence-corrected chi connectivity index (χ3v) is 3.69. The average Bonchev–Trinajstić information content (AvgIpc) is 2.48. The minimum absolute atomic E-state index is 0.00275. The van der Waals surface area contributed by atoms with Gasteiger partial charge in [0.15, 0.2) is 5.56 Å². The summed E-state index contributed by atoms with van der Waals surface area (Å²) in [6, 6.07) is 5.09. The van der Waals surface area contributed by atoms with Crippen LogP contribution in [0.3, 0.4) is 0 Å². The standard InChI is InChI=1S/C16H17NO5S/c1-4-6-9-7-5-8-10-12(18)11(14(19)20)15(21-13(9)10)22-16(23)17(2)3/h5,7-8H,4,6H2,1-3H3,(H,19,20). The van der Waals surface area contributed by atoms with Gasteiger partial charge in [-0.3, -0.25) is 4.79 Å². The predicted molar refractivity (Wildman–Crippen MR) is 90.4 cm³/mol. The Balaban J connectivity index is 2.75. The molecule has 2 rings (SSSR count). The molecule has 0 amide bonds. The Morgan fingerprint density at radius 2 is 2.09 bits per heavy atom. The minimum atomic E-state index is -1.42. The summed E-state index contributed by atoms with van der Waals surface area (Å²) in [4.78, 5) is 25.4. The van der Waals surface area contributed by atoms with Crippen LogP contribution in [-0.2, 0) is 6.42 Å². The molecule has 0 atom stereocenters. The first-order valence-corrected chi connectivity index (χ1v) is 7.48. The molecule has 0 fully saturated rings. The molecule has 0 saturated heterocycles. The van der Waals surface area contributed by atoms with Gasteiger partial charge < -0.3 is 19.2 Å². The van der Waals surface area contributed by atoms with Crippen LogP contribution in [0.5, 0.6) is 5.95 Å². The van der Waals surface area contributed by atoms with Crippen molar-refractivity contribution in [2.24, 2.45) is 0 Å². The number of carbonyl (C=O) groups is 1. The van der Waals surface area contributed by atoms with E-state index in [0.717, 1.165) is 12.0 Å². The van der Waals surface area contributed by atoms with Crippen molar-refractivity contribution in [2.45, 2.75) is 19.8 Å². The lowest BCUT2D eigenvalue weighted by molar-refractivity contribution is 0.0689. The van der Waals surface area contributed by atoms with Crippen LogP contribution in [0, 0.1) is 0 Å². The summed E-state index contributed by atoms with van der Waals surface area (Å²) in [6.45, 7) is 2.00. The number of carboxylic acids is 1. The lowest BCUT2D eigenvalue weighted by Gasteiger charge is -2.15. The van der Waals surface area contributed by atoms with Gasteiger partial charge in [-0.1, -0.05) is 25.5 Å². The summed E-state index contributed by atoms with van der Waals surface area (Å²) in [7, 11) is 3.29. The maximum Gasteiger partial charge on any atom is 0.347 e. The highest BCUT2D eigenvalue weighted by molar-refractivity contribution is 7.80. The second kappa shape index (κ2) is 6.78. The second-order valence-corrected chi connectivity index (χ2v) is 5.55. The third kappa shape index (κ3) is 3.34. The predicted octanol–water partition coefficient (Wildman–Crippen LogP) is 2.67. The first kappa shape index (κ1) is 17.0. The van der Waals surface area contributed by atoms with Crippen molar-refractivity contribution in [2.75, 3.05) is 14.1 Å². The summed E-state index contributed by atoms with van der Waals surface area (Å²) in [6.07, 6.45) is 1.56. The van der Waals surface area contributed by atoms with E-state index in [1.165, 1.54) is 4.90 Å². The maximum absolute atomic E-state index is 12.5. The van der Waals surface area contributed by atoms with Crippen molar-refractivity contribution < 1.29 is 19.1 Å². The van der Waals surface area contributed by atoms with E-state index in [9.17, 15) is 14.7 Å². The minimum Gasteiger partial charge on any atom is -0.477 e. The van der Waals surface area contributed by atoms with Gasteiger partial charge in [0.25, 0.3) is 5.17 Å². The molecule has 1 aromatic carbocycles. The largest absolute Gasteiger partial charge is 0.477 e. The van der Waals surface area contributed by atoms with Crippen molar-refractivity contribution in [3.8, 4) is 5.95 Å². The Morgan fingerprint density at radius 1 is 1.39 bits per heavy atom. The maximum atomic E-state index is 12.5. The number of hydrogen-bond acceptors (Lipinski definition) is 5. The quantitative estimate of drug-likeness (QED) is 0.860. The van der Waals surface area contributed by atoms with E-state index in [4.69, 9.17) is 21.4 Å². The van der Waals surface area contributed by atoms with Gasteiger partial charge in [0, 0.05) is 14.1 Å². The molecule has 2 aromatic rings. The Hall–Kier alpha value is -2.41. The molecule has 1 aromatic heterocycles. The fraction of sp³-hybridized carbons (Fsp3) is 0.312. The van der Waals surface area contributed by atoms with Gasteiger partial charge in [0.05, 0.1) is 5.39 Å². The molecule has 0 aliphatic carbocycles. The number of benzene rings is 1. The van der Waals surface area contributed by atoms with Crippen LogP contribution in [0.15, 0.2) is 27.4 Å². The summed E-state index contributed by atoms with van der Waals surface area (Å²) in [5, 5.41) is 9.55. The van der Waals surface area contributed by atoms with Gasteiger partial charge in [0.1, 0.15) is 5.58 Å². The SMILES string of the molecule is CCCc1cccc2c(=O)c(C(=O)O)c(OC(=S)N(C)C)oc12. The van der Waals surface area contributed by atoms with Crippen LogP contribution in [0.2, 0.25) is 0 Å². The fourth-order valence-corrected chi connectivity index (χ4v) is 2.22. The van der Waals surface area contributed by atoms with Crippen LogP contribution in [0.25, 0.3) is 11.0 Å². The van der Waals surface area contributed by atoms with Crippen LogP contribution in [0.4, 0.5) is 0 Å². The highest BCUT2D eigenvalue weighted by Gasteiger charge is 2.24. The molecule has 1 N–H and O–H groups in total. The molecule has 122 valence electrons.